The number of likely N-dealkylation sites (tertiary alicyclic amines) is 1. The number of methoxy groups -OCH3 is 1. The van der Waals surface area contributed by atoms with Gasteiger partial charge in [0.1, 0.15) is 5.84 Å². The number of amides is 1. The summed E-state index contributed by atoms with van der Waals surface area (Å²) in [6, 6.07) is 5.96. The van der Waals surface area contributed by atoms with Gasteiger partial charge < -0.3 is 20.3 Å². The third-order valence-corrected chi connectivity index (χ3v) is 6.50. The Labute approximate surface area is 195 Å². The van der Waals surface area contributed by atoms with Crippen LogP contribution in [0.4, 0.5) is 0 Å². The van der Waals surface area contributed by atoms with E-state index in [0.717, 1.165) is 65.6 Å². The normalized spacial score (nSPS) is 22.7. The number of nitrogens with zero attached hydrogens (tertiary/aromatic N) is 2. The van der Waals surface area contributed by atoms with Gasteiger partial charge in [0.05, 0.1) is 18.1 Å². The second kappa shape index (κ2) is 9.92. The number of hydrogen-bond donors (Lipinski definition) is 2. The van der Waals surface area contributed by atoms with E-state index in [1.165, 1.54) is 0 Å². The van der Waals surface area contributed by atoms with E-state index in [-0.39, 0.29) is 24.0 Å². The molecule has 32 heavy (non-hydrogen) atoms. The molecule has 1 saturated heterocycles. The molecule has 2 aliphatic heterocycles. The maximum absolute atomic E-state index is 12.8. The molecule has 1 aliphatic carbocycles. The largest absolute Gasteiger partial charge is 0.385 e. The lowest BCUT2D eigenvalue weighted by molar-refractivity contribution is 0.0792. The number of nitrogens with one attached hydrogen (secondary N) is 2. The topological polar surface area (TPSA) is 66.0 Å². The number of hydrogen-bond acceptors (Lipinski definition) is 5. The van der Waals surface area contributed by atoms with Gasteiger partial charge in [0.25, 0.3) is 5.91 Å². The Hall–Kier alpha value is -2.57. The summed E-state index contributed by atoms with van der Waals surface area (Å²) in [5.41, 5.74) is 3.48. The third-order valence-electron chi connectivity index (χ3n) is 6.25. The molecule has 0 aromatic heterocycles. The summed E-state index contributed by atoms with van der Waals surface area (Å²) in [7, 11) is 1.69. The molecule has 170 valence electrons. The number of carbonyl (C=O) groups is 1. The number of benzene rings is 1. The molecule has 4 rings (SSSR count). The number of halogens is 1. The van der Waals surface area contributed by atoms with Crippen LogP contribution in [0.5, 0.6) is 0 Å². The van der Waals surface area contributed by atoms with Crippen LogP contribution in [0, 0.1) is 6.92 Å². The number of aryl methyl sites for hydroxylation is 1. The van der Waals surface area contributed by atoms with Crippen LogP contribution < -0.4 is 10.6 Å². The quantitative estimate of drug-likeness (QED) is 0.629. The van der Waals surface area contributed by atoms with E-state index in [2.05, 4.69) is 17.2 Å². The number of fused-ring (bicyclic) bond motifs is 1. The summed E-state index contributed by atoms with van der Waals surface area (Å²) in [6.45, 7) is 8.54. The monoisotopic (exact) mass is 454 g/mol. The molecular formula is C25H31ClN4O2. The average molecular weight is 455 g/mol. The highest BCUT2D eigenvalue weighted by molar-refractivity contribution is 6.31. The number of rotatable bonds is 8. The Balaban J connectivity index is 1.47. The third kappa shape index (κ3) is 4.92. The maximum Gasteiger partial charge on any atom is 0.254 e. The molecule has 2 N–H and O–H groups in total. The molecule has 3 atom stereocenters. The van der Waals surface area contributed by atoms with Crippen molar-refractivity contribution in [2.75, 3.05) is 26.8 Å². The van der Waals surface area contributed by atoms with Crippen molar-refractivity contribution >= 4 is 29.0 Å². The van der Waals surface area contributed by atoms with Crippen molar-refractivity contribution in [1.82, 2.24) is 15.5 Å². The Morgan fingerprint density at radius 3 is 2.91 bits per heavy atom. The molecule has 0 saturated carbocycles. The number of aliphatic imine (C=N–C) groups is 1. The number of allylic oxidation sites excluding steroid dienone is 2. The van der Waals surface area contributed by atoms with E-state index in [1.807, 2.05) is 48.3 Å². The summed E-state index contributed by atoms with van der Waals surface area (Å²) in [6.07, 6.45) is 8.82. The number of carbonyl (C=O) groups excluding carboxylic acids is 1. The summed E-state index contributed by atoms with van der Waals surface area (Å²) in [5.74, 6) is 0.998. The van der Waals surface area contributed by atoms with Gasteiger partial charge in [0.15, 0.2) is 0 Å². The van der Waals surface area contributed by atoms with Gasteiger partial charge in [-0.1, -0.05) is 30.3 Å². The molecule has 0 radical (unpaired) electrons. The fraction of sp³-hybridized carbons (Fsp3) is 0.440. The smallest absolute Gasteiger partial charge is 0.254 e. The Morgan fingerprint density at radius 2 is 2.19 bits per heavy atom. The molecule has 2 heterocycles. The molecular weight excluding hydrogens is 424 g/mol. The van der Waals surface area contributed by atoms with Gasteiger partial charge in [0.2, 0.25) is 0 Å². The second-order valence-electron chi connectivity index (χ2n) is 8.57. The van der Waals surface area contributed by atoms with Crippen molar-refractivity contribution in [3.05, 3.63) is 64.7 Å². The van der Waals surface area contributed by atoms with E-state index in [9.17, 15) is 4.79 Å². The van der Waals surface area contributed by atoms with Crippen molar-refractivity contribution in [2.45, 2.75) is 44.3 Å². The molecule has 2 unspecified atom stereocenters. The molecule has 0 spiro atoms. The first-order valence-electron chi connectivity index (χ1n) is 11.2. The van der Waals surface area contributed by atoms with Crippen LogP contribution in [-0.2, 0) is 4.74 Å². The van der Waals surface area contributed by atoms with Crippen LogP contribution in [0.25, 0.3) is 5.70 Å². The lowest BCUT2D eigenvalue weighted by atomic mass is 10.0. The molecule has 3 aliphatic rings. The molecule has 1 aromatic carbocycles. The van der Waals surface area contributed by atoms with Crippen molar-refractivity contribution in [1.29, 1.82) is 0 Å². The summed E-state index contributed by atoms with van der Waals surface area (Å²) < 4.78 is 5.32. The van der Waals surface area contributed by atoms with Gasteiger partial charge in [-0.05, 0) is 61.6 Å². The lowest BCUT2D eigenvalue weighted by Gasteiger charge is -2.23. The first-order valence-corrected chi connectivity index (χ1v) is 11.6. The molecule has 7 heteroatoms. The van der Waals surface area contributed by atoms with E-state index in [0.29, 0.717) is 6.61 Å². The Morgan fingerprint density at radius 1 is 1.41 bits per heavy atom. The van der Waals surface area contributed by atoms with Crippen LogP contribution in [0.1, 0.15) is 40.7 Å². The predicted octanol–water partition coefficient (Wildman–Crippen LogP) is 3.63. The van der Waals surface area contributed by atoms with E-state index >= 15 is 0 Å². The second-order valence-corrected chi connectivity index (χ2v) is 9.01. The van der Waals surface area contributed by atoms with Crippen molar-refractivity contribution in [2.24, 2.45) is 4.99 Å². The van der Waals surface area contributed by atoms with Crippen molar-refractivity contribution in [3.63, 3.8) is 0 Å². The highest BCUT2D eigenvalue weighted by atomic mass is 35.5. The van der Waals surface area contributed by atoms with Gasteiger partial charge in [-0.25, -0.2) is 0 Å². The van der Waals surface area contributed by atoms with E-state index in [4.69, 9.17) is 21.3 Å². The van der Waals surface area contributed by atoms with Crippen molar-refractivity contribution < 1.29 is 9.53 Å². The average Bonchev–Trinajstić information content (AvgIpc) is 3.45. The zero-order chi connectivity index (χ0) is 22.7. The SMILES string of the molecule is C=C(N[C@@H](CCOC)C1=NC2C=CC(Cl)=CC2N1)c1ccc(C(=O)N2CCCC2)c(C)c1. The summed E-state index contributed by atoms with van der Waals surface area (Å²) in [4.78, 5) is 19.6. The molecule has 0 bridgehead atoms. The Kier molecular flexibility index (Phi) is 7.01. The minimum absolute atomic E-state index is 0.0470. The standard InChI is InChI=1S/C25H31ClN4O2/c1-16-14-18(6-8-20(16)25(31)30-11-4-5-12-30)17(2)27-22(10-13-32-3)24-28-21-9-7-19(26)15-23(21)29-24/h6-9,14-15,21-23,27H,2,4-5,10-13H2,1,3H3,(H,28,29)/t21?,22-,23?/m0/s1. The molecule has 1 fully saturated rings. The van der Waals surface area contributed by atoms with Gasteiger partial charge in [-0.2, -0.15) is 0 Å². The van der Waals surface area contributed by atoms with Gasteiger partial charge >= 0.3 is 0 Å². The van der Waals surface area contributed by atoms with Crippen LogP contribution in [-0.4, -0.2) is 61.6 Å². The molecule has 1 amide bonds. The number of ether oxygens (including phenoxy) is 1. The lowest BCUT2D eigenvalue weighted by Crippen LogP contribution is -2.45. The van der Waals surface area contributed by atoms with Gasteiger partial charge in [0, 0.05) is 43.1 Å². The highest BCUT2D eigenvalue weighted by Crippen LogP contribution is 2.23. The highest BCUT2D eigenvalue weighted by Gasteiger charge is 2.31. The molecule has 6 nitrogen and oxygen atoms in total. The predicted molar refractivity (Wildman–Crippen MR) is 130 cm³/mol. The zero-order valence-corrected chi connectivity index (χ0v) is 19.5. The first-order chi connectivity index (χ1) is 15.5. The van der Waals surface area contributed by atoms with Crippen LogP contribution in [0.2, 0.25) is 0 Å². The Bertz CT molecular complexity index is 978. The fourth-order valence-corrected chi connectivity index (χ4v) is 4.64. The van der Waals surface area contributed by atoms with Gasteiger partial charge in [-0.15, -0.1) is 0 Å². The van der Waals surface area contributed by atoms with E-state index in [1.54, 1.807) is 7.11 Å². The first kappa shape index (κ1) is 22.6. The zero-order valence-electron chi connectivity index (χ0n) is 18.7. The maximum atomic E-state index is 12.8. The minimum atomic E-state index is -0.0696. The van der Waals surface area contributed by atoms with Crippen LogP contribution in [0.3, 0.4) is 0 Å². The summed E-state index contributed by atoms with van der Waals surface area (Å²) >= 11 is 6.16. The molecule has 1 aromatic rings. The van der Waals surface area contributed by atoms with Crippen molar-refractivity contribution in [3.8, 4) is 0 Å². The van der Waals surface area contributed by atoms with Gasteiger partial charge in [-0.3, -0.25) is 9.79 Å². The number of amidine groups is 1. The van der Waals surface area contributed by atoms with E-state index < -0.39 is 0 Å². The minimum Gasteiger partial charge on any atom is -0.385 e. The van der Waals surface area contributed by atoms with Crippen LogP contribution >= 0.6 is 11.6 Å². The van der Waals surface area contributed by atoms with Crippen LogP contribution in [0.15, 0.2) is 53.0 Å². The summed E-state index contributed by atoms with van der Waals surface area (Å²) in [5, 5.41) is 7.73. The fourth-order valence-electron chi connectivity index (χ4n) is 4.43.